The lowest BCUT2D eigenvalue weighted by molar-refractivity contribution is -0.870. The Morgan fingerprint density at radius 2 is 1.45 bits per heavy atom. The number of aliphatic hydroxyl groups is 9. The first-order chi connectivity index (χ1) is 17.6. The fourth-order valence-corrected chi connectivity index (χ4v) is 3.63. The largest absolute Gasteiger partial charge is 0.461 e. The van der Waals surface area contributed by atoms with Gasteiger partial charge in [0.1, 0.15) is 69.1 Å². The highest BCUT2D eigenvalue weighted by molar-refractivity contribution is 5.85. The van der Waals surface area contributed by atoms with E-state index in [1.54, 1.807) is 0 Å². The van der Waals surface area contributed by atoms with E-state index in [-0.39, 0.29) is 6.61 Å². The fourth-order valence-electron chi connectivity index (χ4n) is 3.63. The molecule has 2 rings (SSSR count). The molecule has 9 N–H and O–H groups in total. The van der Waals surface area contributed by atoms with Gasteiger partial charge in [0.15, 0.2) is 18.5 Å². The Labute approximate surface area is 217 Å². The van der Waals surface area contributed by atoms with Gasteiger partial charge in [-0.15, -0.1) is 0 Å². The molecular weight excluding hydrogens is 522 g/mol. The van der Waals surface area contributed by atoms with Gasteiger partial charge in [-0.05, 0) is 0 Å². The first kappa shape index (κ1) is 32.6. The Morgan fingerprint density at radius 1 is 0.868 bits per heavy atom. The third-order valence-electron chi connectivity index (χ3n) is 6.07. The molecule has 17 heteroatoms. The number of carbonyl (C=O) groups is 2. The van der Waals surface area contributed by atoms with Crippen LogP contribution < -0.4 is 0 Å². The summed E-state index contributed by atoms with van der Waals surface area (Å²) in [6, 6.07) is 0. The van der Waals surface area contributed by atoms with Crippen LogP contribution in [0.5, 0.6) is 0 Å². The molecule has 0 aliphatic carbocycles. The maximum Gasteiger partial charge on any atom is 0.338 e. The number of quaternary nitrogens is 1. The molecule has 0 saturated carbocycles. The SMILES string of the molecule is C[N+](C)(C)CCOC(=O)C(O)C(O)C(=O)OC[C@H]1O[C@H](O[C@]2(CO)O[C@H](CO)[C@@H](O)[C@@H]2O)[C@H](O)[C@@H](O)[C@@H]1O. The van der Waals surface area contributed by atoms with Gasteiger partial charge in [0.05, 0.1) is 27.7 Å². The summed E-state index contributed by atoms with van der Waals surface area (Å²) in [5.41, 5.74) is 0. The highest BCUT2D eigenvalue weighted by atomic mass is 16.8. The Balaban J connectivity index is 2.00. The van der Waals surface area contributed by atoms with Crippen molar-refractivity contribution < 1.29 is 83.7 Å². The predicted octanol–water partition coefficient (Wildman–Crippen LogP) is -6.87. The Kier molecular flexibility index (Phi) is 11.3. The molecule has 2 aliphatic rings. The van der Waals surface area contributed by atoms with Crippen LogP contribution in [0.4, 0.5) is 0 Å². The monoisotopic (exact) mass is 560 g/mol. The molecule has 2 saturated heterocycles. The molecule has 2 unspecified atom stereocenters. The lowest BCUT2D eigenvalue weighted by atomic mass is 9.99. The van der Waals surface area contributed by atoms with Crippen LogP contribution in [0.25, 0.3) is 0 Å². The molecule has 2 heterocycles. The lowest BCUT2D eigenvalue weighted by Gasteiger charge is -2.43. The Hall–Kier alpha value is -1.58. The van der Waals surface area contributed by atoms with E-state index >= 15 is 0 Å². The number of aliphatic hydroxyl groups excluding tert-OH is 9. The molecule has 11 atom stereocenters. The molecule has 0 spiro atoms. The Bertz CT molecular complexity index is 794. The maximum absolute atomic E-state index is 12.2. The van der Waals surface area contributed by atoms with Crippen molar-refractivity contribution in [2.45, 2.75) is 67.0 Å². The molecule has 0 radical (unpaired) electrons. The topological polar surface area (TPSA) is 262 Å². The van der Waals surface area contributed by atoms with Crippen molar-refractivity contribution in [3.05, 3.63) is 0 Å². The lowest BCUT2D eigenvalue weighted by Crippen LogP contribution is -2.63. The number of carbonyl (C=O) groups excluding carboxylic acids is 2. The molecule has 222 valence electrons. The number of hydrogen-bond acceptors (Lipinski definition) is 16. The zero-order chi connectivity index (χ0) is 29.0. The summed E-state index contributed by atoms with van der Waals surface area (Å²) in [5.74, 6) is -5.20. The molecule has 0 aromatic heterocycles. The van der Waals surface area contributed by atoms with Gasteiger partial charge in [0.2, 0.25) is 5.79 Å². The van der Waals surface area contributed by atoms with E-state index in [2.05, 4.69) is 0 Å². The summed E-state index contributed by atoms with van der Waals surface area (Å²) in [6.07, 6.45) is -19.1. The number of ether oxygens (including phenoxy) is 5. The fraction of sp³-hybridized carbons (Fsp3) is 0.905. The van der Waals surface area contributed by atoms with Crippen molar-refractivity contribution in [1.82, 2.24) is 0 Å². The second-order valence-corrected chi connectivity index (χ2v) is 10.1. The summed E-state index contributed by atoms with van der Waals surface area (Å²) >= 11 is 0. The van der Waals surface area contributed by atoms with Crippen LogP contribution in [-0.2, 0) is 33.3 Å². The summed E-state index contributed by atoms with van der Waals surface area (Å²) in [6.45, 7) is -2.47. The molecule has 0 amide bonds. The van der Waals surface area contributed by atoms with Gasteiger partial charge in [0, 0.05) is 0 Å². The minimum atomic E-state index is -2.41. The normalized spacial score (nSPS) is 37.5. The van der Waals surface area contributed by atoms with Crippen molar-refractivity contribution in [3.8, 4) is 0 Å². The highest BCUT2D eigenvalue weighted by Gasteiger charge is 2.58. The van der Waals surface area contributed by atoms with E-state index in [0.29, 0.717) is 11.0 Å². The van der Waals surface area contributed by atoms with Crippen LogP contribution >= 0.6 is 0 Å². The van der Waals surface area contributed by atoms with Gasteiger partial charge < -0.3 is 74.1 Å². The molecular formula is C21H38NO16+. The van der Waals surface area contributed by atoms with Crippen LogP contribution in [0.2, 0.25) is 0 Å². The van der Waals surface area contributed by atoms with Crippen LogP contribution in [0.3, 0.4) is 0 Å². The quantitative estimate of drug-likeness (QED) is 0.0793. The smallest absolute Gasteiger partial charge is 0.338 e. The summed E-state index contributed by atoms with van der Waals surface area (Å²) < 4.78 is 25.9. The van der Waals surface area contributed by atoms with Crippen molar-refractivity contribution >= 4 is 11.9 Å². The number of likely N-dealkylation sites (N-methyl/N-ethyl adjacent to an activating group) is 1. The van der Waals surface area contributed by atoms with Crippen molar-refractivity contribution in [3.63, 3.8) is 0 Å². The molecule has 38 heavy (non-hydrogen) atoms. The molecule has 2 fully saturated rings. The van der Waals surface area contributed by atoms with Gasteiger partial charge in [0.25, 0.3) is 0 Å². The van der Waals surface area contributed by atoms with E-state index in [1.165, 1.54) is 0 Å². The average Bonchev–Trinajstić information content (AvgIpc) is 3.11. The van der Waals surface area contributed by atoms with E-state index < -0.39 is 98.8 Å². The highest BCUT2D eigenvalue weighted by Crippen LogP contribution is 2.36. The molecule has 17 nitrogen and oxygen atoms in total. The molecule has 0 aromatic carbocycles. The van der Waals surface area contributed by atoms with Crippen LogP contribution in [-0.4, -0.2) is 184 Å². The zero-order valence-electron chi connectivity index (χ0n) is 21.1. The zero-order valence-corrected chi connectivity index (χ0v) is 21.1. The predicted molar refractivity (Wildman–Crippen MR) is 118 cm³/mol. The van der Waals surface area contributed by atoms with E-state index in [4.69, 9.17) is 23.7 Å². The van der Waals surface area contributed by atoms with Gasteiger partial charge >= 0.3 is 11.9 Å². The van der Waals surface area contributed by atoms with Gasteiger partial charge in [-0.1, -0.05) is 0 Å². The second kappa shape index (κ2) is 13.2. The number of nitrogens with zero attached hydrogens (tertiary/aromatic N) is 1. The van der Waals surface area contributed by atoms with Crippen LogP contribution in [0, 0.1) is 0 Å². The first-order valence-electron chi connectivity index (χ1n) is 11.7. The minimum absolute atomic E-state index is 0.102. The summed E-state index contributed by atoms with van der Waals surface area (Å²) in [4.78, 5) is 24.1. The number of rotatable bonds is 12. The van der Waals surface area contributed by atoms with E-state index in [9.17, 15) is 55.5 Å². The van der Waals surface area contributed by atoms with Crippen LogP contribution in [0.15, 0.2) is 0 Å². The average molecular weight is 561 g/mol. The second-order valence-electron chi connectivity index (χ2n) is 10.1. The molecule has 0 aromatic rings. The molecule has 2 aliphatic heterocycles. The third-order valence-corrected chi connectivity index (χ3v) is 6.07. The third kappa shape index (κ3) is 7.54. The summed E-state index contributed by atoms with van der Waals surface area (Å²) in [5, 5.41) is 89.8. The van der Waals surface area contributed by atoms with E-state index in [0.717, 1.165) is 0 Å². The van der Waals surface area contributed by atoms with Crippen molar-refractivity contribution in [2.24, 2.45) is 0 Å². The van der Waals surface area contributed by atoms with Gasteiger partial charge in [-0.25, -0.2) is 9.59 Å². The van der Waals surface area contributed by atoms with Crippen LogP contribution in [0.1, 0.15) is 0 Å². The van der Waals surface area contributed by atoms with E-state index in [1.807, 2.05) is 21.1 Å². The first-order valence-corrected chi connectivity index (χ1v) is 11.7. The summed E-state index contributed by atoms with van der Waals surface area (Å²) in [7, 11) is 5.47. The van der Waals surface area contributed by atoms with Gasteiger partial charge in [-0.3, -0.25) is 0 Å². The standard InChI is InChI=1S/C21H38NO16/c1-22(2,3)4-5-34-18(32)14(28)15(29)19(33)35-7-10-11(25)13(27)16(30)20(36-10)38-21(8-24)17(31)12(26)9(6-23)37-21/h9-17,20,23-31H,4-8H2,1-3H3/q+1/t9-,10-,11-,12-,13+,14?,15?,16-,17+,20-,21+/m1/s1. The molecule has 0 bridgehead atoms. The van der Waals surface area contributed by atoms with Crippen molar-refractivity contribution in [2.75, 3.05) is 54.1 Å². The minimum Gasteiger partial charge on any atom is -0.461 e. The Morgan fingerprint density at radius 3 is 1.95 bits per heavy atom. The maximum atomic E-state index is 12.2. The van der Waals surface area contributed by atoms with Gasteiger partial charge in [-0.2, -0.15) is 0 Å². The number of hydrogen-bond donors (Lipinski definition) is 9. The number of esters is 2. The van der Waals surface area contributed by atoms with Crippen molar-refractivity contribution in [1.29, 1.82) is 0 Å².